The molecule has 0 bridgehead atoms. The Balaban J connectivity index is 3.12. The smallest absolute Gasteiger partial charge is 0.335 e. The van der Waals surface area contributed by atoms with Gasteiger partial charge in [0.2, 0.25) is 0 Å². The zero-order valence-electron chi connectivity index (χ0n) is 9.19. The second kappa shape index (κ2) is 5.84. The first-order valence-electron chi connectivity index (χ1n) is 5.09. The number of allylic oxidation sites excluding steroid dienone is 1. The Bertz CT molecular complexity index is 446. The van der Waals surface area contributed by atoms with Gasteiger partial charge in [0.15, 0.2) is 0 Å². The molecule has 0 aliphatic heterocycles. The van der Waals surface area contributed by atoms with E-state index >= 15 is 0 Å². The Morgan fingerprint density at radius 3 is 2.76 bits per heavy atom. The van der Waals surface area contributed by atoms with E-state index in [9.17, 15) is 9.90 Å². The standard InChI is InChI=1S/C12H14BrNO3/c1-2-3-4-10(14)8-5-7(12(16)17)6-9(13)11(8)15/h2,5-6,10,15H,1,3-4,14H2,(H,16,17)/t10-/m0/s1. The van der Waals surface area contributed by atoms with Gasteiger partial charge in [-0.05, 0) is 40.9 Å². The average Bonchev–Trinajstić information content (AvgIpc) is 2.29. The molecule has 0 saturated carbocycles. The van der Waals surface area contributed by atoms with Gasteiger partial charge in [-0.15, -0.1) is 6.58 Å². The predicted octanol–water partition coefficient (Wildman–Crippen LogP) is 2.82. The number of carbonyl (C=O) groups is 1. The van der Waals surface area contributed by atoms with Crippen LogP contribution in [0.15, 0.2) is 29.3 Å². The molecule has 0 aromatic heterocycles. The summed E-state index contributed by atoms with van der Waals surface area (Å²) in [6.07, 6.45) is 3.04. The molecule has 17 heavy (non-hydrogen) atoms. The Labute approximate surface area is 108 Å². The number of nitrogens with two attached hydrogens (primary N) is 1. The Morgan fingerprint density at radius 2 is 2.24 bits per heavy atom. The van der Waals surface area contributed by atoms with Crippen LogP contribution < -0.4 is 5.73 Å². The highest BCUT2D eigenvalue weighted by molar-refractivity contribution is 9.10. The molecule has 4 nitrogen and oxygen atoms in total. The van der Waals surface area contributed by atoms with Crippen molar-refractivity contribution in [2.24, 2.45) is 5.73 Å². The summed E-state index contributed by atoms with van der Waals surface area (Å²) in [5, 5.41) is 18.8. The minimum absolute atomic E-state index is 0.00781. The lowest BCUT2D eigenvalue weighted by Crippen LogP contribution is -2.11. The molecule has 0 aliphatic carbocycles. The van der Waals surface area contributed by atoms with Crippen molar-refractivity contribution in [1.29, 1.82) is 0 Å². The van der Waals surface area contributed by atoms with E-state index < -0.39 is 12.0 Å². The highest BCUT2D eigenvalue weighted by Gasteiger charge is 2.16. The van der Waals surface area contributed by atoms with Crippen molar-refractivity contribution < 1.29 is 15.0 Å². The summed E-state index contributed by atoms with van der Waals surface area (Å²) in [7, 11) is 0. The summed E-state index contributed by atoms with van der Waals surface area (Å²) in [5.74, 6) is -1.06. The molecule has 0 amide bonds. The summed E-state index contributed by atoms with van der Waals surface area (Å²) in [4.78, 5) is 10.9. The molecule has 0 fully saturated rings. The van der Waals surface area contributed by atoms with E-state index in [1.807, 2.05) is 0 Å². The van der Waals surface area contributed by atoms with Crippen LogP contribution in [-0.4, -0.2) is 16.2 Å². The van der Waals surface area contributed by atoms with Crippen LogP contribution in [0.2, 0.25) is 0 Å². The number of phenols is 1. The third-order valence-corrected chi connectivity index (χ3v) is 3.03. The highest BCUT2D eigenvalue weighted by atomic mass is 79.9. The summed E-state index contributed by atoms with van der Waals surface area (Å²) < 4.78 is 0.335. The van der Waals surface area contributed by atoms with Crippen LogP contribution in [-0.2, 0) is 0 Å². The Kier molecular flexibility index (Phi) is 4.72. The first kappa shape index (κ1) is 13.7. The van der Waals surface area contributed by atoms with Gasteiger partial charge in [0, 0.05) is 11.6 Å². The molecule has 92 valence electrons. The van der Waals surface area contributed by atoms with Gasteiger partial charge in [-0.3, -0.25) is 0 Å². The number of hydrogen-bond donors (Lipinski definition) is 3. The van der Waals surface area contributed by atoms with Crippen molar-refractivity contribution in [3.05, 3.63) is 40.4 Å². The number of rotatable bonds is 5. The maximum Gasteiger partial charge on any atom is 0.335 e. The molecule has 1 aromatic rings. The van der Waals surface area contributed by atoms with Crippen molar-refractivity contribution >= 4 is 21.9 Å². The number of carboxylic acids is 1. The monoisotopic (exact) mass is 299 g/mol. The van der Waals surface area contributed by atoms with Crippen LogP contribution >= 0.6 is 15.9 Å². The molecule has 0 unspecified atom stereocenters. The molecular weight excluding hydrogens is 286 g/mol. The lowest BCUT2D eigenvalue weighted by atomic mass is 9.99. The van der Waals surface area contributed by atoms with Gasteiger partial charge in [0.05, 0.1) is 10.0 Å². The average molecular weight is 300 g/mol. The van der Waals surface area contributed by atoms with E-state index in [4.69, 9.17) is 10.8 Å². The molecule has 0 aliphatic rings. The SMILES string of the molecule is C=CCC[C@H](N)c1cc(C(=O)O)cc(Br)c1O. The zero-order valence-corrected chi connectivity index (χ0v) is 10.8. The Morgan fingerprint density at radius 1 is 1.59 bits per heavy atom. The van der Waals surface area contributed by atoms with Gasteiger partial charge in [0.25, 0.3) is 0 Å². The predicted molar refractivity (Wildman–Crippen MR) is 69.1 cm³/mol. The topological polar surface area (TPSA) is 83.6 Å². The van der Waals surface area contributed by atoms with Crippen LogP contribution in [0.5, 0.6) is 5.75 Å². The fourth-order valence-corrected chi connectivity index (χ4v) is 1.95. The second-order valence-corrected chi connectivity index (χ2v) is 4.53. The largest absolute Gasteiger partial charge is 0.506 e. The minimum Gasteiger partial charge on any atom is -0.506 e. The number of hydrogen-bond acceptors (Lipinski definition) is 3. The maximum atomic E-state index is 10.9. The molecule has 4 N–H and O–H groups in total. The third-order valence-electron chi connectivity index (χ3n) is 2.42. The van der Waals surface area contributed by atoms with E-state index in [0.29, 0.717) is 22.9 Å². The van der Waals surface area contributed by atoms with E-state index in [0.717, 1.165) is 0 Å². The van der Waals surface area contributed by atoms with Crippen molar-refractivity contribution in [1.82, 2.24) is 0 Å². The number of halogens is 1. The highest BCUT2D eigenvalue weighted by Crippen LogP contribution is 2.34. The normalized spacial score (nSPS) is 12.1. The summed E-state index contributed by atoms with van der Waals surface area (Å²) in [6, 6.07) is 2.33. The fourth-order valence-electron chi connectivity index (χ4n) is 1.48. The molecule has 0 spiro atoms. The molecule has 0 radical (unpaired) electrons. The first-order valence-corrected chi connectivity index (χ1v) is 5.88. The van der Waals surface area contributed by atoms with Crippen molar-refractivity contribution in [2.75, 3.05) is 0 Å². The lowest BCUT2D eigenvalue weighted by Gasteiger charge is -2.14. The summed E-state index contributed by atoms with van der Waals surface area (Å²) in [5.41, 5.74) is 6.42. The third kappa shape index (κ3) is 3.31. The van der Waals surface area contributed by atoms with E-state index in [2.05, 4.69) is 22.5 Å². The van der Waals surface area contributed by atoms with E-state index in [1.54, 1.807) is 6.08 Å². The summed E-state index contributed by atoms with van der Waals surface area (Å²) >= 11 is 3.11. The van der Waals surface area contributed by atoms with Crippen LogP contribution in [0.3, 0.4) is 0 Å². The van der Waals surface area contributed by atoms with Gasteiger partial charge >= 0.3 is 5.97 Å². The fraction of sp³-hybridized carbons (Fsp3) is 0.250. The number of benzene rings is 1. The van der Waals surface area contributed by atoms with Crippen LogP contribution in [0, 0.1) is 0 Å². The maximum absolute atomic E-state index is 10.9. The van der Waals surface area contributed by atoms with E-state index in [1.165, 1.54) is 12.1 Å². The molecule has 5 heteroatoms. The first-order chi connectivity index (χ1) is 7.97. The van der Waals surface area contributed by atoms with E-state index in [-0.39, 0.29) is 11.3 Å². The Hall–Kier alpha value is -1.33. The molecular formula is C12H14BrNO3. The van der Waals surface area contributed by atoms with Gasteiger partial charge in [-0.2, -0.15) is 0 Å². The van der Waals surface area contributed by atoms with Gasteiger partial charge in [-0.25, -0.2) is 4.79 Å². The number of aromatic hydroxyl groups is 1. The number of carboxylic acid groups (broad SMARTS) is 1. The van der Waals surface area contributed by atoms with Crippen LogP contribution in [0.1, 0.15) is 34.8 Å². The quantitative estimate of drug-likeness (QED) is 0.730. The zero-order chi connectivity index (χ0) is 13.0. The summed E-state index contributed by atoms with van der Waals surface area (Å²) in [6.45, 7) is 3.59. The van der Waals surface area contributed by atoms with Crippen molar-refractivity contribution in [3.63, 3.8) is 0 Å². The number of phenolic OH excluding ortho intramolecular Hbond substituents is 1. The van der Waals surface area contributed by atoms with Crippen LogP contribution in [0.25, 0.3) is 0 Å². The molecule has 1 atom stereocenters. The minimum atomic E-state index is -1.05. The lowest BCUT2D eigenvalue weighted by molar-refractivity contribution is 0.0696. The molecule has 0 heterocycles. The second-order valence-electron chi connectivity index (χ2n) is 3.67. The van der Waals surface area contributed by atoms with Gasteiger partial charge in [-0.1, -0.05) is 6.08 Å². The van der Waals surface area contributed by atoms with Crippen LogP contribution in [0.4, 0.5) is 0 Å². The van der Waals surface area contributed by atoms with Crippen molar-refractivity contribution in [3.8, 4) is 5.75 Å². The molecule has 1 aromatic carbocycles. The molecule has 0 saturated heterocycles. The number of aromatic carboxylic acids is 1. The van der Waals surface area contributed by atoms with Gasteiger partial charge in [0.1, 0.15) is 5.75 Å². The van der Waals surface area contributed by atoms with Crippen molar-refractivity contribution in [2.45, 2.75) is 18.9 Å². The molecule has 1 rings (SSSR count). The van der Waals surface area contributed by atoms with Gasteiger partial charge < -0.3 is 15.9 Å².